The third-order valence-corrected chi connectivity index (χ3v) is 4.62. The van der Waals surface area contributed by atoms with Gasteiger partial charge in [-0.15, -0.1) is 0 Å². The van der Waals surface area contributed by atoms with Gasteiger partial charge in [0.05, 0.1) is 0 Å². The molecule has 1 aliphatic rings. The molecule has 1 rings (SSSR count). The van der Waals surface area contributed by atoms with Gasteiger partial charge in [0, 0.05) is 10.00 Å². The Bertz CT molecular complexity index is 123. The minimum Gasteiger partial charge on any atom is -0.152 e. The Morgan fingerprint density at radius 2 is 1.38 bits per heavy atom. The summed E-state index contributed by atoms with van der Waals surface area (Å²) in [5.74, 6) is 0. The Kier molecular flexibility index (Phi) is 13.8. The van der Waals surface area contributed by atoms with Gasteiger partial charge in [0.25, 0.3) is 0 Å². The molecule has 0 aliphatic heterocycles. The highest BCUT2D eigenvalue weighted by molar-refractivity contribution is 8.01. The van der Waals surface area contributed by atoms with Gasteiger partial charge in [0.2, 0.25) is 0 Å². The molecule has 1 saturated carbocycles. The molecule has 0 bridgehead atoms. The number of thioether (sulfide) groups is 1. The van der Waals surface area contributed by atoms with Gasteiger partial charge in [0.1, 0.15) is 0 Å². The van der Waals surface area contributed by atoms with Crippen molar-refractivity contribution in [3.05, 3.63) is 0 Å². The highest BCUT2D eigenvalue weighted by atomic mass is 32.2. The van der Waals surface area contributed by atoms with Crippen molar-refractivity contribution in [2.24, 2.45) is 0 Å². The molecule has 1 fully saturated rings. The van der Waals surface area contributed by atoms with Gasteiger partial charge < -0.3 is 0 Å². The van der Waals surface area contributed by atoms with Crippen LogP contribution in [0.15, 0.2) is 0 Å². The topological polar surface area (TPSA) is 0 Å². The second-order valence-corrected chi connectivity index (χ2v) is 6.50. The number of hydrogen-bond acceptors (Lipinski definition) is 1. The Labute approximate surface area is 109 Å². The minimum atomic E-state index is 0.516. The van der Waals surface area contributed by atoms with E-state index in [0.29, 0.717) is 4.75 Å². The van der Waals surface area contributed by atoms with E-state index in [9.17, 15) is 0 Å². The van der Waals surface area contributed by atoms with E-state index in [4.69, 9.17) is 0 Å². The summed E-state index contributed by atoms with van der Waals surface area (Å²) >= 11 is 2.22. The molecule has 0 atom stereocenters. The van der Waals surface area contributed by atoms with Crippen molar-refractivity contribution < 1.29 is 0 Å². The van der Waals surface area contributed by atoms with Crippen LogP contribution in [-0.4, -0.2) is 10.00 Å². The monoisotopic (exact) mass is 246 g/mol. The van der Waals surface area contributed by atoms with Crippen LogP contribution in [0.2, 0.25) is 0 Å². The van der Waals surface area contributed by atoms with Gasteiger partial charge >= 0.3 is 0 Å². The quantitative estimate of drug-likeness (QED) is 0.563. The molecular formula is C15H34S. The van der Waals surface area contributed by atoms with Crippen LogP contribution in [0.1, 0.15) is 87.0 Å². The van der Waals surface area contributed by atoms with Crippen LogP contribution in [0.3, 0.4) is 0 Å². The summed E-state index contributed by atoms with van der Waals surface area (Å²) in [5.41, 5.74) is 0. The van der Waals surface area contributed by atoms with Crippen LogP contribution in [0.5, 0.6) is 0 Å². The van der Waals surface area contributed by atoms with Crippen LogP contribution in [0, 0.1) is 0 Å². The highest BCUT2D eigenvalue weighted by Crippen LogP contribution is 2.38. The van der Waals surface area contributed by atoms with Crippen molar-refractivity contribution >= 4 is 11.8 Å². The molecule has 0 radical (unpaired) electrons. The van der Waals surface area contributed by atoms with Crippen molar-refractivity contribution in [3.63, 3.8) is 0 Å². The normalized spacial score (nSPS) is 16.7. The van der Waals surface area contributed by atoms with Gasteiger partial charge in [-0.3, -0.25) is 0 Å². The molecule has 0 spiro atoms. The third kappa shape index (κ3) is 9.57. The van der Waals surface area contributed by atoms with Gasteiger partial charge in [-0.2, -0.15) is 11.8 Å². The number of hydrogen-bond donors (Lipinski definition) is 0. The van der Waals surface area contributed by atoms with Crippen LogP contribution in [0.4, 0.5) is 0 Å². The van der Waals surface area contributed by atoms with Gasteiger partial charge in [-0.25, -0.2) is 0 Å². The predicted molar refractivity (Wildman–Crippen MR) is 81.5 cm³/mol. The lowest BCUT2D eigenvalue weighted by Crippen LogP contribution is -2.20. The summed E-state index contributed by atoms with van der Waals surface area (Å²) in [7, 11) is 0. The third-order valence-electron chi connectivity index (χ3n) is 2.89. The van der Waals surface area contributed by atoms with Crippen molar-refractivity contribution in [2.45, 2.75) is 97.0 Å². The lowest BCUT2D eigenvalue weighted by atomic mass is 10.0. The molecule has 0 aromatic carbocycles. The Morgan fingerprint density at radius 1 is 0.938 bits per heavy atom. The molecule has 1 heteroatoms. The fourth-order valence-electron chi connectivity index (χ4n) is 1.72. The van der Waals surface area contributed by atoms with Crippen molar-refractivity contribution in [3.8, 4) is 0 Å². The van der Waals surface area contributed by atoms with Crippen LogP contribution in [0.25, 0.3) is 0 Å². The lowest BCUT2D eigenvalue weighted by molar-refractivity contribution is 0.510. The first-order valence-electron chi connectivity index (χ1n) is 7.32. The molecule has 0 amide bonds. The molecule has 0 saturated heterocycles. The SMILES string of the molecule is CC.CC.CCC(C)(C)SC1CCCCC1. The molecule has 0 N–H and O–H groups in total. The Hall–Kier alpha value is 0.350. The first-order chi connectivity index (χ1) is 7.64. The minimum absolute atomic E-state index is 0.516. The van der Waals surface area contributed by atoms with E-state index < -0.39 is 0 Å². The summed E-state index contributed by atoms with van der Waals surface area (Å²) in [5, 5.41) is 0.966. The first kappa shape index (κ1) is 18.7. The Balaban J connectivity index is 0. The van der Waals surface area contributed by atoms with E-state index in [2.05, 4.69) is 32.5 Å². The summed E-state index contributed by atoms with van der Waals surface area (Å²) in [6.45, 7) is 15.1. The molecular weight excluding hydrogens is 212 g/mol. The van der Waals surface area contributed by atoms with E-state index in [1.54, 1.807) is 0 Å². The van der Waals surface area contributed by atoms with Crippen molar-refractivity contribution in [1.82, 2.24) is 0 Å². The maximum Gasteiger partial charge on any atom is 0.0103 e. The summed E-state index contributed by atoms with van der Waals surface area (Å²) in [4.78, 5) is 0. The summed E-state index contributed by atoms with van der Waals surface area (Å²) in [6, 6.07) is 0. The average molecular weight is 247 g/mol. The molecule has 0 unspecified atom stereocenters. The fraction of sp³-hybridized carbons (Fsp3) is 1.00. The van der Waals surface area contributed by atoms with Gasteiger partial charge in [-0.1, -0.05) is 67.7 Å². The smallest absolute Gasteiger partial charge is 0.0103 e. The average Bonchev–Trinajstić information content (AvgIpc) is 2.35. The number of rotatable bonds is 3. The standard InChI is InChI=1S/C11H22S.2C2H6/c1-4-11(2,3)12-10-8-6-5-7-9-10;2*1-2/h10H,4-9H2,1-3H3;2*1-2H3. The van der Waals surface area contributed by atoms with Crippen molar-refractivity contribution in [1.29, 1.82) is 0 Å². The zero-order chi connectivity index (χ0) is 13.0. The predicted octanol–water partition coefficient (Wildman–Crippen LogP) is 6.29. The molecule has 0 heterocycles. The summed E-state index contributed by atoms with van der Waals surface area (Å²) < 4.78 is 0.516. The van der Waals surface area contributed by atoms with E-state index in [1.807, 2.05) is 27.7 Å². The molecule has 0 nitrogen and oxygen atoms in total. The molecule has 0 aromatic rings. The van der Waals surface area contributed by atoms with Crippen LogP contribution < -0.4 is 0 Å². The summed E-state index contributed by atoms with van der Waals surface area (Å²) in [6.07, 6.45) is 8.65. The Morgan fingerprint density at radius 3 is 1.75 bits per heavy atom. The van der Waals surface area contributed by atoms with Crippen LogP contribution in [-0.2, 0) is 0 Å². The highest BCUT2D eigenvalue weighted by Gasteiger charge is 2.23. The molecule has 1 aliphatic carbocycles. The maximum absolute atomic E-state index is 2.38. The zero-order valence-corrected chi connectivity index (χ0v) is 13.5. The van der Waals surface area contributed by atoms with Gasteiger partial charge in [-0.05, 0) is 19.3 Å². The molecule has 100 valence electrons. The van der Waals surface area contributed by atoms with E-state index in [1.165, 1.54) is 38.5 Å². The molecule has 16 heavy (non-hydrogen) atoms. The zero-order valence-electron chi connectivity index (χ0n) is 12.7. The van der Waals surface area contributed by atoms with E-state index in [0.717, 1.165) is 5.25 Å². The second kappa shape index (κ2) is 11.8. The van der Waals surface area contributed by atoms with E-state index >= 15 is 0 Å². The van der Waals surface area contributed by atoms with Crippen molar-refractivity contribution in [2.75, 3.05) is 0 Å². The fourth-order valence-corrected chi connectivity index (χ4v) is 3.36. The maximum atomic E-state index is 2.38. The lowest BCUT2D eigenvalue weighted by Gasteiger charge is -2.30. The van der Waals surface area contributed by atoms with Crippen LogP contribution >= 0.6 is 11.8 Å². The second-order valence-electron chi connectivity index (χ2n) is 4.49. The van der Waals surface area contributed by atoms with E-state index in [-0.39, 0.29) is 0 Å². The largest absolute Gasteiger partial charge is 0.152 e. The first-order valence-corrected chi connectivity index (χ1v) is 8.20. The molecule has 0 aromatic heterocycles. The van der Waals surface area contributed by atoms with Gasteiger partial charge in [0.15, 0.2) is 0 Å².